The predicted molar refractivity (Wildman–Crippen MR) is 64.6 cm³/mol. The number of oxazole rings is 1. The summed E-state index contributed by atoms with van der Waals surface area (Å²) in [7, 11) is 0. The molecule has 3 heterocycles. The van der Waals surface area contributed by atoms with E-state index in [0.717, 1.165) is 31.4 Å². The van der Waals surface area contributed by atoms with Crippen LogP contribution in [0.15, 0.2) is 17.1 Å². The number of rotatable bonds is 3. The van der Waals surface area contributed by atoms with Crippen LogP contribution in [-0.2, 0) is 6.54 Å². The zero-order valence-corrected chi connectivity index (χ0v) is 10.1. The minimum atomic E-state index is 0.740. The van der Waals surface area contributed by atoms with E-state index in [1.165, 1.54) is 39.0 Å². The van der Waals surface area contributed by atoms with E-state index >= 15 is 0 Å². The summed E-state index contributed by atoms with van der Waals surface area (Å²) in [5, 5.41) is 3.41. The number of hydrogen-bond acceptors (Lipinski definition) is 5. The van der Waals surface area contributed by atoms with Crippen LogP contribution in [0.3, 0.4) is 0 Å². The van der Waals surface area contributed by atoms with Gasteiger partial charge in [0, 0.05) is 51.9 Å². The second kappa shape index (κ2) is 5.16. The van der Waals surface area contributed by atoms with Crippen molar-refractivity contribution in [2.75, 3.05) is 39.3 Å². The molecule has 1 aromatic rings. The van der Waals surface area contributed by atoms with E-state index in [-0.39, 0.29) is 0 Å². The first-order valence-corrected chi connectivity index (χ1v) is 6.46. The Morgan fingerprint density at radius 2 is 2.24 bits per heavy atom. The van der Waals surface area contributed by atoms with Gasteiger partial charge in [-0.25, -0.2) is 4.98 Å². The van der Waals surface area contributed by atoms with Crippen molar-refractivity contribution in [3.8, 4) is 0 Å². The van der Waals surface area contributed by atoms with Crippen molar-refractivity contribution in [3.05, 3.63) is 18.4 Å². The quantitative estimate of drug-likeness (QED) is 0.809. The zero-order valence-electron chi connectivity index (χ0n) is 10.1. The van der Waals surface area contributed by atoms with Gasteiger partial charge in [-0.2, -0.15) is 0 Å². The van der Waals surface area contributed by atoms with Gasteiger partial charge in [-0.1, -0.05) is 0 Å². The molecule has 0 aromatic carbocycles. The Labute approximate surface area is 102 Å². The molecule has 5 nitrogen and oxygen atoms in total. The van der Waals surface area contributed by atoms with Crippen LogP contribution >= 0.6 is 0 Å². The van der Waals surface area contributed by atoms with E-state index < -0.39 is 0 Å². The molecule has 17 heavy (non-hydrogen) atoms. The van der Waals surface area contributed by atoms with Gasteiger partial charge in [-0.15, -0.1) is 0 Å². The van der Waals surface area contributed by atoms with Crippen molar-refractivity contribution >= 4 is 0 Å². The first-order chi connectivity index (χ1) is 8.42. The Hall–Kier alpha value is -0.910. The van der Waals surface area contributed by atoms with Crippen LogP contribution in [0.2, 0.25) is 0 Å². The van der Waals surface area contributed by atoms with Gasteiger partial charge in [-0.3, -0.25) is 9.80 Å². The molecule has 1 aromatic heterocycles. The van der Waals surface area contributed by atoms with Gasteiger partial charge in [0.15, 0.2) is 6.39 Å². The fourth-order valence-corrected chi connectivity index (χ4v) is 2.85. The average Bonchev–Trinajstić information content (AvgIpc) is 3.02. The monoisotopic (exact) mass is 236 g/mol. The fraction of sp³-hybridized carbons (Fsp3) is 0.750. The third-order valence-electron chi connectivity index (χ3n) is 3.78. The first kappa shape index (κ1) is 11.2. The molecular formula is C12H20N4O. The summed E-state index contributed by atoms with van der Waals surface area (Å²) in [6.07, 6.45) is 4.55. The van der Waals surface area contributed by atoms with Crippen LogP contribution in [0.1, 0.15) is 12.1 Å². The van der Waals surface area contributed by atoms with E-state index in [4.69, 9.17) is 4.42 Å². The minimum Gasteiger partial charge on any atom is -0.451 e. The number of aromatic nitrogens is 1. The Morgan fingerprint density at radius 3 is 3.00 bits per heavy atom. The van der Waals surface area contributed by atoms with Crippen LogP contribution in [-0.4, -0.2) is 60.1 Å². The van der Waals surface area contributed by atoms with E-state index in [2.05, 4.69) is 20.1 Å². The summed E-state index contributed by atoms with van der Waals surface area (Å²) in [5.41, 5.74) is 1.05. The summed E-state index contributed by atoms with van der Waals surface area (Å²) in [5.74, 6) is 0. The van der Waals surface area contributed by atoms with Gasteiger partial charge in [0.2, 0.25) is 0 Å². The summed E-state index contributed by atoms with van der Waals surface area (Å²) in [6, 6.07) is 0.740. The molecule has 2 fully saturated rings. The van der Waals surface area contributed by atoms with Crippen molar-refractivity contribution < 1.29 is 4.42 Å². The molecule has 2 saturated heterocycles. The molecular weight excluding hydrogens is 216 g/mol. The number of likely N-dealkylation sites (tertiary alicyclic amines) is 1. The van der Waals surface area contributed by atoms with Gasteiger partial charge in [-0.05, 0) is 6.42 Å². The minimum absolute atomic E-state index is 0.740. The van der Waals surface area contributed by atoms with Crippen molar-refractivity contribution in [3.63, 3.8) is 0 Å². The number of hydrogen-bond donors (Lipinski definition) is 1. The lowest BCUT2D eigenvalue weighted by molar-refractivity contribution is 0.170. The molecule has 0 bridgehead atoms. The maximum atomic E-state index is 5.01. The highest BCUT2D eigenvalue weighted by molar-refractivity contribution is 4.94. The molecule has 0 radical (unpaired) electrons. The van der Waals surface area contributed by atoms with Crippen molar-refractivity contribution in [1.82, 2.24) is 20.1 Å². The predicted octanol–water partition coefficient (Wildman–Crippen LogP) is 0.154. The Morgan fingerprint density at radius 1 is 1.35 bits per heavy atom. The smallest absolute Gasteiger partial charge is 0.180 e. The van der Waals surface area contributed by atoms with Crippen LogP contribution in [0.5, 0.6) is 0 Å². The lowest BCUT2D eigenvalue weighted by atomic mass is 10.2. The summed E-state index contributed by atoms with van der Waals surface area (Å²) in [4.78, 5) is 9.29. The van der Waals surface area contributed by atoms with Crippen LogP contribution < -0.4 is 5.32 Å². The molecule has 94 valence electrons. The maximum absolute atomic E-state index is 5.01. The molecule has 2 aliphatic rings. The second-order valence-electron chi connectivity index (χ2n) is 4.94. The van der Waals surface area contributed by atoms with Gasteiger partial charge >= 0.3 is 0 Å². The molecule has 3 rings (SSSR count). The Balaban J connectivity index is 1.51. The lowest BCUT2D eigenvalue weighted by Gasteiger charge is -2.32. The second-order valence-corrected chi connectivity index (χ2v) is 4.94. The highest BCUT2D eigenvalue weighted by Gasteiger charge is 2.28. The van der Waals surface area contributed by atoms with Crippen LogP contribution in [0, 0.1) is 0 Å². The molecule has 1 atom stereocenters. The lowest BCUT2D eigenvalue weighted by Crippen LogP contribution is -2.49. The SMILES string of the molecule is c1nc(CN2CCC(N3CCNCC3)C2)co1. The standard InChI is InChI=1S/C12H20N4O/c1-4-15(7-11-9-17-10-14-11)8-12(1)16-5-2-13-3-6-16/h9-10,12-13H,1-8H2. The van der Waals surface area contributed by atoms with E-state index in [9.17, 15) is 0 Å². The largest absolute Gasteiger partial charge is 0.451 e. The molecule has 0 saturated carbocycles. The van der Waals surface area contributed by atoms with E-state index in [1.807, 2.05) is 0 Å². The third-order valence-corrected chi connectivity index (χ3v) is 3.78. The number of piperazine rings is 1. The molecule has 5 heteroatoms. The third kappa shape index (κ3) is 2.68. The summed E-state index contributed by atoms with van der Waals surface area (Å²) in [6.45, 7) is 7.96. The van der Waals surface area contributed by atoms with Gasteiger partial charge in [0.1, 0.15) is 6.26 Å². The van der Waals surface area contributed by atoms with Crippen molar-refractivity contribution in [2.45, 2.75) is 19.0 Å². The number of nitrogens with one attached hydrogen (secondary N) is 1. The number of nitrogens with zero attached hydrogens (tertiary/aromatic N) is 3. The molecule has 0 aliphatic carbocycles. The average molecular weight is 236 g/mol. The van der Waals surface area contributed by atoms with Crippen molar-refractivity contribution in [2.24, 2.45) is 0 Å². The molecule has 2 aliphatic heterocycles. The first-order valence-electron chi connectivity index (χ1n) is 6.46. The molecule has 0 spiro atoms. The van der Waals surface area contributed by atoms with Gasteiger partial charge in [0.25, 0.3) is 0 Å². The van der Waals surface area contributed by atoms with Crippen molar-refractivity contribution in [1.29, 1.82) is 0 Å². The Kier molecular flexibility index (Phi) is 3.40. The molecule has 1 unspecified atom stereocenters. The summed E-state index contributed by atoms with van der Waals surface area (Å²) < 4.78 is 5.01. The van der Waals surface area contributed by atoms with Gasteiger partial charge < -0.3 is 9.73 Å². The van der Waals surface area contributed by atoms with Gasteiger partial charge in [0.05, 0.1) is 5.69 Å². The Bertz CT molecular complexity index is 334. The maximum Gasteiger partial charge on any atom is 0.180 e. The van der Waals surface area contributed by atoms with E-state index in [1.54, 1.807) is 6.26 Å². The molecule has 1 N–H and O–H groups in total. The molecule has 0 amide bonds. The zero-order chi connectivity index (χ0) is 11.5. The topological polar surface area (TPSA) is 44.5 Å². The fourth-order valence-electron chi connectivity index (χ4n) is 2.85. The highest BCUT2D eigenvalue weighted by atomic mass is 16.3. The van der Waals surface area contributed by atoms with Crippen LogP contribution in [0.25, 0.3) is 0 Å². The van der Waals surface area contributed by atoms with Crippen LogP contribution in [0.4, 0.5) is 0 Å². The normalized spacial score (nSPS) is 27.6. The highest BCUT2D eigenvalue weighted by Crippen LogP contribution is 2.17. The summed E-state index contributed by atoms with van der Waals surface area (Å²) >= 11 is 0. The van der Waals surface area contributed by atoms with E-state index in [0.29, 0.717) is 0 Å².